The second kappa shape index (κ2) is 8.12. The Morgan fingerprint density at radius 3 is 2.71 bits per heavy atom. The standard InChI is InChI=1S/C16H23NO4/c1-19-11-12-5-7-13(8-6-12)15(16(18)20-2)17-10-14-4-3-9-21-14/h5-8,14-15,17H,3-4,9-11H2,1-2H3. The van der Waals surface area contributed by atoms with Crippen LogP contribution in [0, 0.1) is 0 Å². The fourth-order valence-corrected chi connectivity index (χ4v) is 2.48. The van der Waals surface area contributed by atoms with Gasteiger partial charge in [0.25, 0.3) is 0 Å². The van der Waals surface area contributed by atoms with Crippen molar-refractivity contribution < 1.29 is 19.0 Å². The second-order valence-electron chi connectivity index (χ2n) is 5.17. The quantitative estimate of drug-likeness (QED) is 0.777. The molecule has 116 valence electrons. The molecule has 21 heavy (non-hydrogen) atoms. The lowest BCUT2D eigenvalue weighted by Crippen LogP contribution is -2.35. The van der Waals surface area contributed by atoms with Crippen LogP contribution in [0.15, 0.2) is 24.3 Å². The molecule has 1 aromatic rings. The van der Waals surface area contributed by atoms with Crippen molar-refractivity contribution in [1.29, 1.82) is 0 Å². The van der Waals surface area contributed by atoms with Crippen LogP contribution in [0.3, 0.4) is 0 Å². The molecule has 1 N–H and O–H groups in total. The summed E-state index contributed by atoms with van der Waals surface area (Å²) in [7, 11) is 3.07. The van der Waals surface area contributed by atoms with Crippen molar-refractivity contribution >= 4 is 5.97 Å². The van der Waals surface area contributed by atoms with E-state index in [1.165, 1.54) is 7.11 Å². The van der Waals surface area contributed by atoms with E-state index in [1.807, 2.05) is 24.3 Å². The van der Waals surface area contributed by atoms with Gasteiger partial charge in [-0.2, -0.15) is 0 Å². The number of benzene rings is 1. The summed E-state index contributed by atoms with van der Waals surface area (Å²) in [5, 5.41) is 3.25. The minimum absolute atomic E-state index is 0.185. The SMILES string of the molecule is COCc1ccc(C(NCC2CCCO2)C(=O)OC)cc1. The maximum Gasteiger partial charge on any atom is 0.327 e. The third-order valence-corrected chi connectivity index (χ3v) is 3.63. The van der Waals surface area contributed by atoms with Gasteiger partial charge < -0.3 is 14.2 Å². The molecule has 0 saturated carbocycles. The number of hydrogen-bond donors (Lipinski definition) is 1. The third-order valence-electron chi connectivity index (χ3n) is 3.63. The zero-order valence-corrected chi connectivity index (χ0v) is 12.6. The van der Waals surface area contributed by atoms with Crippen LogP contribution in [0.25, 0.3) is 0 Å². The molecule has 1 aliphatic heterocycles. The summed E-state index contributed by atoms with van der Waals surface area (Å²) >= 11 is 0. The van der Waals surface area contributed by atoms with E-state index in [-0.39, 0.29) is 12.1 Å². The van der Waals surface area contributed by atoms with Crippen molar-refractivity contribution in [2.45, 2.75) is 31.6 Å². The average molecular weight is 293 g/mol. The van der Waals surface area contributed by atoms with Crippen LogP contribution in [-0.2, 0) is 25.6 Å². The third kappa shape index (κ3) is 4.52. The molecule has 2 unspecified atom stereocenters. The van der Waals surface area contributed by atoms with E-state index in [4.69, 9.17) is 14.2 Å². The number of rotatable bonds is 7. The first-order valence-electron chi connectivity index (χ1n) is 7.25. The molecule has 1 aliphatic rings. The maximum absolute atomic E-state index is 12.0. The molecule has 2 rings (SSSR count). The van der Waals surface area contributed by atoms with E-state index < -0.39 is 6.04 Å². The molecule has 5 nitrogen and oxygen atoms in total. The summed E-state index contributed by atoms with van der Waals surface area (Å²) < 4.78 is 15.6. The van der Waals surface area contributed by atoms with Gasteiger partial charge in [-0.05, 0) is 24.0 Å². The molecule has 0 aliphatic carbocycles. The average Bonchev–Trinajstić information content (AvgIpc) is 3.02. The van der Waals surface area contributed by atoms with Gasteiger partial charge in [-0.25, -0.2) is 4.79 Å². The predicted octanol–water partition coefficient (Wildman–Crippen LogP) is 1.82. The Morgan fingerprint density at radius 1 is 1.38 bits per heavy atom. The van der Waals surface area contributed by atoms with Gasteiger partial charge >= 0.3 is 5.97 Å². The van der Waals surface area contributed by atoms with E-state index in [1.54, 1.807) is 7.11 Å². The molecule has 1 aromatic carbocycles. The first kappa shape index (κ1) is 15.9. The summed E-state index contributed by atoms with van der Waals surface area (Å²) in [6.45, 7) is 2.02. The monoisotopic (exact) mass is 293 g/mol. The number of carbonyl (C=O) groups excluding carboxylic acids is 1. The van der Waals surface area contributed by atoms with Gasteiger partial charge in [-0.1, -0.05) is 24.3 Å². The zero-order chi connectivity index (χ0) is 15.1. The van der Waals surface area contributed by atoms with Crippen molar-refractivity contribution in [2.75, 3.05) is 27.4 Å². The van der Waals surface area contributed by atoms with Crippen LogP contribution < -0.4 is 5.32 Å². The molecule has 0 bridgehead atoms. The van der Waals surface area contributed by atoms with E-state index >= 15 is 0 Å². The van der Waals surface area contributed by atoms with Gasteiger partial charge in [0.15, 0.2) is 0 Å². The van der Waals surface area contributed by atoms with Crippen LogP contribution in [-0.4, -0.2) is 39.4 Å². The van der Waals surface area contributed by atoms with Crippen molar-refractivity contribution in [3.05, 3.63) is 35.4 Å². The van der Waals surface area contributed by atoms with E-state index in [0.29, 0.717) is 13.2 Å². The van der Waals surface area contributed by atoms with Gasteiger partial charge in [-0.15, -0.1) is 0 Å². The fraction of sp³-hybridized carbons (Fsp3) is 0.562. The van der Waals surface area contributed by atoms with Crippen LogP contribution in [0.1, 0.15) is 30.0 Å². The molecular formula is C16H23NO4. The maximum atomic E-state index is 12.0. The Bertz CT molecular complexity index is 440. The highest BCUT2D eigenvalue weighted by atomic mass is 16.5. The molecule has 0 amide bonds. The highest BCUT2D eigenvalue weighted by Crippen LogP contribution is 2.18. The van der Waals surface area contributed by atoms with Crippen LogP contribution >= 0.6 is 0 Å². The Balaban J connectivity index is 2.01. The smallest absolute Gasteiger partial charge is 0.327 e. The Hall–Kier alpha value is -1.43. The van der Waals surface area contributed by atoms with Gasteiger partial charge in [0.1, 0.15) is 6.04 Å². The first-order chi connectivity index (χ1) is 10.2. The van der Waals surface area contributed by atoms with Crippen molar-refractivity contribution in [3.63, 3.8) is 0 Å². The lowest BCUT2D eigenvalue weighted by atomic mass is 10.0. The number of ether oxygens (including phenoxy) is 3. The highest BCUT2D eigenvalue weighted by molar-refractivity contribution is 5.77. The van der Waals surface area contributed by atoms with E-state index in [9.17, 15) is 4.79 Å². The number of carbonyl (C=O) groups is 1. The second-order valence-corrected chi connectivity index (χ2v) is 5.17. The molecule has 2 atom stereocenters. The van der Waals surface area contributed by atoms with Gasteiger partial charge in [-0.3, -0.25) is 5.32 Å². The largest absolute Gasteiger partial charge is 0.468 e. The van der Waals surface area contributed by atoms with Crippen LogP contribution in [0.5, 0.6) is 0 Å². The summed E-state index contributed by atoms with van der Waals surface area (Å²) in [5.74, 6) is -0.285. The number of esters is 1. The number of nitrogens with one attached hydrogen (secondary N) is 1. The Kier molecular flexibility index (Phi) is 6.17. The van der Waals surface area contributed by atoms with Crippen molar-refractivity contribution in [3.8, 4) is 0 Å². The molecular weight excluding hydrogens is 270 g/mol. The minimum atomic E-state index is -0.462. The van der Waals surface area contributed by atoms with Gasteiger partial charge in [0.05, 0.1) is 19.8 Å². The molecule has 1 saturated heterocycles. The lowest BCUT2D eigenvalue weighted by molar-refractivity contribution is -0.143. The van der Waals surface area contributed by atoms with E-state index in [0.717, 1.165) is 30.6 Å². The summed E-state index contributed by atoms with van der Waals surface area (Å²) in [5.41, 5.74) is 1.96. The van der Waals surface area contributed by atoms with Crippen molar-refractivity contribution in [2.24, 2.45) is 0 Å². The predicted molar refractivity (Wildman–Crippen MR) is 78.9 cm³/mol. The molecule has 5 heteroatoms. The van der Waals surface area contributed by atoms with Crippen LogP contribution in [0.2, 0.25) is 0 Å². The summed E-state index contributed by atoms with van der Waals surface area (Å²) in [6.07, 6.45) is 2.30. The minimum Gasteiger partial charge on any atom is -0.468 e. The van der Waals surface area contributed by atoms with Gasteiger partial charge in [0.2, 0.25) is 0 Å². The van der Waals surface area contributed by atoms with E-state index in [2.05, 4.69) is 5.32 Å². The van der Waals surface area contributed by atoms with Gasteiger partial charge in [0, 0.05) is 20.3 Å². The summed E-state index contributed by atoms with van der Waals surface area (Å²) in [4.78, 5) is 12.0. The fourth-order valence-electron chi connectivity index (χ4n) is 2.48. The molecule has 0 aromatic heterocycles. The highest BCUT2D eigenvalue weighted by Gasteiger charge is 2.23. The van der Waals surface area contributed by atoms with Crippen LogP contribution in [0.4, 0.5) is 0 Å². The molecule has 0 radical (unpaired) electrons. The first-order valence-corrected chi connectivity index (χ1v) is 7.25. The molecule has 1 fully saturated rings. The zero-order valence-electron chi connectivity index (χ0n) is 12.6. The molecule has 0 spiro atoms. The topological polar surface area (TPSA) is 56.8 Å². The Morgan fingerprint density at radius 2 is 2.14 bits per heavy atom. The number of methoxy groups -OCH3 is 2. The molecule has 1 heterocycles. The normalized spacial score (nSPS) is 19.4. The summed E-state index contributed by atoms with van der Waals surface area (Å²) in [6, 6.07) is 7.32. The number of hydrogen-bond acceptors (Lipinski definition) is 5. The van der Waals surface area contributed by atoms with Crippen molar-refractivity contribution in [1.82, 2.24) is 5.32 Å². The Labute approximate surface area is 125 Å². The lowest BCUT2D eigenvalue weighted by Gasteiger charge is -2.19.